The maximum absolute atomic E-state index is 4.84. The number of aromatic amines is 1. The van der Waals surface area contributed by atoms with E-state index < -0.39 is 0 Å². The minimum absolute atomic E-state index is 0.740. The maximum atomic E-state index is 4.84. The van der Waals surface area contributed by atoms with E-state index in [4.69, 9.17) is 4.98 Å². The summed E-state index contributed by atoms with van der Waals surface area (Å²) >= 11 is 0. The molecule has 3 aromatic heterocycles. The van der Waals surface area contributed by atoms with Gasteiger partial charge in [-0.3, -0.25) is 0 Å². The van der Waals surface area contributed by atoms with Gasteiger partial charge in [-0.05, 0) is 36.2 Å². The van der Waals surface area contributed by atoms with Crippen LogP contribution in [0.1, 0.15) is 11.1 Å². The Balaban J connectivity index is 1.45. The first-order chi connectivity index (χ1) is 14.8. The van der Waals surface area contributed by atoms with Crippen LogP contribution in [-0.4, -0.2) is 15.0 Å². The molecule has 4 heteroatoms. The fourth-order valence-corrected chi connectivity index (χ4v) is 3.59. The monoisotopic (exact) mass is 390 g/mol. The average Bonchev–Trinajstić information content (AvgIpc) is 3.23. The van der Waals surface area contributed by atoms with Crippen LogP contribution in [0.5, 0.6) is 0 Å². The molecule has 5 rings (SSSR count). The van der Waals surface area contributed by atoms with Crippen molar-refractivity contribution in [3.63, 3.8) is 0 Å². The van der Waals surface area contributed by atoms with Crippen LogP contribution >= 0.6 is 0 Å². The number of nitrogens with zero attached hydrogens (tertiary/aromatic N) is 2. The first-order valence-corrected chi connectivity index (χ1v) is 10.1. The third-order valence-corrected chi connectivity index (χ3v) is 5.26. The predicted octanol–water partition coefficient (Wildman–Crippen LogP) is 6.21. The van der Waals surface area contributed by atoms with Crippen molar-refractivity contribution >= 4 is 16.9 Å². The average molecular weight is 390 g/mol. The molecule has 0 saturated heterocycles. The predicted molar refractivity (Wildman–Crippen MR) is 123 cm³/mol. The summed E-state index contributed by atoms with van der Waals surface area (Å²) in [5, 5.41) is 4.50. The Morgan fingerprint density at radius 3 is 2.53 bits per heavy atom. The van der Waals surface area contributed by atoms with Gasteiger partial charge in [0.25, 0.3) is 0 Å². The lowest BCUT2D eigenvalue weighted by Gasteiger charge is -2.08. The molecule has 0 fully saturated rings. The van der Waals surface area contributed by atoms with E-state index in [0.29, 0.717) is 0 Å². The Bertz CT molecular complexity index is 1290. The van der Waals surface area contributed by atoms with Crippen molar-refractivity contribution in [2.45, 2.75) is 13.5 Å². The number of fused-ring (bicyclic) bond motifs is 1. The highest BCUT2D eigenvalue weighted by Crippen LogP contribution is 2.30. The zero-order valence-electron chi connectivity index (χ0n) is 16.8. The zero-order valence-corrected chi connectivity index (χ0v) is 16.8. The molecule has 4 nitrogen and oxygen atoms in total. The molecule has 0 unspecified atom stereocenters. The molecule has 0 saturated carbocycles. The van der Waals surface area contributed by atoms with Crippen LogP contribution in [-0.2, 0) is 6.54 Å². The number of pyridine rings is 2. The molecule has 0 amide bonds. The molecule has 0 radical (unpaired) electrons. The van der Waals surface area contributed by atoms with Crippen LogP contribution in [0.3, 0.4) is 0 Å². The standard InChI is InChI=1S/C26H22N4/c1-18-10-12-19(13-11-18)15-27-25-9-5-8-24(30-25)23-17-29-26-22(23)14-21(16-28-26)20-6-3-2-4-7-20/h2-14,16-17H,15H2,1H3,(H,27,30)(H,28,29). The van der Waals surface area contributed by atoms with Crippen LogP contribution in [0.2, 0.25) is 0 Å². The summed E-state index contributed by atoms with van der Waals surface area (Å²) in [5.41, 5.74) is 7.58. The maximum Gasteiger partial charge on any atom is 0.137 e. The van der Waals surface area contributed by atoms with E-state index >= 15 is 0 Å². The van der Waals surface area contributed by atoms with Crippen molar-refractivity contribution < 1.29 is 0 Å². The quantitative estimate of drug-likeness (QED) is 0.375. The number of anilines is 1. The summed E-state index contributed by atoms with van der Waals surface area (Å²) in [7, 11) is 0. The van der Waals surface area contributed by atoms with Gasteiger partial charge in [0.15, 0.2) is 0 Å². The fraction of sp³-hybridized carbons (Fsp3) is 0.0769. The van der Waals surface area contributed by atoms with Crippen molar-refractivity contribution in [3.05, 3.63) is 102 Å². The van der Waals surface area contributed by atoms with E-state index in [1.165, 1.54) is 11.1 Å². The van der Waals surface area contributed by atoms with Gasteiger partial charge in [-0.2, -0.15) is 0 Å². The molecule has 30 heavy (non-hydrogen) atoms. The summed E-state index contributed by atoms with van der Waals surface area (Å²) in [6.45, 7) is 2.84. The van der Waals surface area contributed by atoms with Gasteiger partial charge in [0.05, 0.1) is 5.69 Å². The lowest BCUT2D eigenvalue weighted by atomic mass is 10.0. The minimum atomic E-state index is 0.740. The van der Waals surface area contributed by atoms with E-state index in [1.807, 2.05) is 48.8 Å². The molecule has 2 aromatic carbocycles. The van der Waals surface area contributed by atoms with E-state index in [2.05, 4.69) is 64.7 Å². The Morgan fingerprint density at radius 2 is 1.70 bits per heavy atom. The fourth-order valence-electron chi connectivity index (χ4n) is 3.59. The van der Waals surface area contributed by atoms with Gasteiger partial charge >= 0.3 is 0 Å². The summed E-state index contributed by atoms with van der Waals surface area (Å²) in [5.74, 6) is 0.856. The first-order valence-electron chi connectivity index (χ1n) is 10.1. The highest BCUT2D eigenvalue weighted by atomic mass is 15.0. The zero-order chi connectivity index (χ0) is 20.3. The molecule has 0 spiro atoms. The van der Waals surface area contributed by atoms with Crippen LogP contribution in [0, 0.1) is 6.92 Å². The lowest BCUT2D eigenvalue weighted by Crippen LogP contribution is -2.01. The SMILES string of the molecule is Cc1ccc(CNc2cccc(-c3c[nH]c4ncc(-c5ccccc5)cc34)n2)cc1. The molecule has 2 N–H and O–H groups in total. The Kier molecular flexibility index (Phi) is 4.74. The molecule has 0 aliphatic rings. The van der Waals surface area contributed by atoms with Gasteiger partial charge in [-0.25, -0.2) is 9.97 Å². The summed E-state index contributed by atoms with van der Waals surface area (Å²) in [6.07, 6.45) is 3.89. The van der Waals surface area contributed by atoms with Gasteiger partial charge in [0, 0.05) is 35.5 Å². The number of hydrogen-bond donors (Lipinski definition) is 2. The number of H-pyrrole nitrogens is 1. The van der Waals surface area contributed by atoms with Crippen molar-refractivity contribution in [3.8, 4) is 22.4 Å². The van der Waals surface area contributed by atoms with Gasteiger partial charge in [0.2, 0.25) is 0 Å². The molecule has 146 valence electrons. The number of rotatable bonds is 5. The third-order valence-electron chi connectivity index (χ3n) is 5.26. The normalized spacial score (nSPS) is 11.0. The van der Waals surface area contributed by atoms with E-state index in [0.717, 1.165) is 45.8 Å². The number of nitrogens with one attached hydrogen (secondary N) is 2. The lowest BCUT2D eigenvalue weighted by molar-refractivity contribution is 1.11. The van der Waals surface area contributed by atoms with Gasteiger partial charge in [0.1, 0.15) is 11.5 Å². The van der Waals surface area contributed by atoms with Crippen molar-refractivity contribution in [1.82, 2.24) is 15.0 Å². The highest BCUT2D eigenvalue weighted by Gasteiger charge is 2.11. The van der Waals surface area contributed by atoms with Crippen molar-refractivity contribution in [2.75, 3.05) is 5.32 Å². The summed E-state index contributed by atoms with van der Waals surface area (Å²) in [6, 6.07) is 27.1. The van der Waals surface area contributed by atoms with Gasteiger partial charge in [-0.15, -0.1) is 0 Å². The second-order valence-electron chi connectivity index (χ2n) is 7.44. The molecule has 0 aliphatic heterocycles. The first kappa shape index (κ1) is 18.1. The Hall–Kier alpha value is -3.92. The van der Waals surface area contributed by atoms with Gasteiger partial charge < -0.3 is 10.3 Å². The molecular weight excluding hydrogens is 368 g/mol. The number of benzene rings is 2. The largest absolute Gasteiger partial charge is 0.366 e. The van der Waals surface area contributed by atoms with Crippen LogP contribution < -0.4 is 5.32 Å². The number of hydrogen-bond acceptors (Lipinski definition) is 3. The van der Waals surface area contributed by atoms with E-state index in [9.17, 15) is 0 Å². The van der Waals surface area contributed by atoms with E-state index in [-0.39, 0.29) is 0 Å². The van der Waals surface area contributed by atoms with Crippen molar-refractivity contribution in [2.24, 2.45) is 0 Å². The van der Waals surface area contributed by atoms with E-state index in [1.54, 1.807) is 0 Å². The second kappa shape index (κ2) is 7.84. The smallest absolute Gasteiger partial charge is 0.137 e. The molecule has 0 atom stereocenters. The van der Waals surface area contributed by atoms with Gasteiger partial charge in [-0.1, -0.05) is 66.2 Å². The summed E-state index contributed by atoms with van der Waals surface area (Å²) in [4.78, 5) is 12.7. The van der Waals surface area contributed by atoms with Crippen LogP contribution in [0.15, 0.2) is 91.3 Å². The molecule has 0 aliphatic carbocycles. The minimum Gasteiger partial charge on any atom is -0.366 e. The number of aromatic nitrogens is 3. The van der Waals surface area contributed by atoms with Crippen LogP contribution in [0.4, 0.5) is 5.82 Å². The number of aryl methyl sites for hydroxylation is 1. The van der Waals surface area contributed by atoms with Crippen molar-refractivity contribution in [1.29, 1.82) is 0 Å². The second-order valence-corrected chi connectivity index (χ2v) is 7.44. The molecular formula is C26H22N4. The Labute approximate surface area is 175 Å². The third kappa shape index (κ3) is 3.67. The molecule has 5 aromatic rings. The Morgan fingerprint density at radius 1 is 0.867 bits per heavy atom. The van der Waals surface area contributed by atoms with Crippen LogP contribution in [0.25, 0.3) is 33.4 Å². The molecule has 0 bridgehead atoms. The molecule has 3 heterocycles. The topological polar surface area (TPSA) is 53.6 Å². The highest BCUT2D eigenvalue weighted by molar-refractivity contribution is 5.95. The summed E-state index contributed by atoms with van der Waals surface area (Å²) < 4.78 is 0.